The van der Waals surface area contributed by atoms with Crippen molar-refractivity contribution in [1.29, 1.82) is 0 Å². The molecule has 4 nitrogen and oxygen atoms in total. The second-order valence-electron chi connectivity index (χ2n) is 10.1. The van der Waals surface area contributed by atoms with Crippen molar-refractivity contribution >= 4 is 9.84 Å². The van der Waals surface area contributed by atoms with Gasteiger partial charge in [-0.3, -0.25) is 0 Å². The number of rotatable bonds is 7. The first-order valence-corrected chi connectivity index (χ1v) is 14.4. The van der Waals surface area contributed by atoms with Gasteiger partial charge >= 0.3 is 0 Å². The number of hydrogen-bond donors (Lipinski definition) is 0. The van der Waals surface area contributed by atoms with Gasteiger partial charge in [-0.25, -0.2) is 17.2 Å². The number of fused-ring (bicyclic) bond motifs is 1. The summed E-state index contributed by atoms with van der Waals surface area (Å²) in [6.45, 7) is 5.09. The van der Waals surface area contributed by atoms with Gasteiger partial charge < -0.3 is 9.64 Å². The molecule has 0 amide bonds. The predicted molar refractivity (Wildman–Crippen MR) is 134 cm³/mol. The molecule has 35 heavy (non-hydrogen) atoms. The fourth-order valence-electron chi connectivity index (χ4n) is 5.54. The smallest absolute Gasteiger partial charge is 0.273 e. The van der Waals surface area contributed by atoms with Crippen LogP contribution in [0.4, 0.5) is 8.78 Å². The van der Waals surface area contributed by atoms with Gasteiger partial charge in [0.25, 0.3) is 5.92 Å². The molecule has 1 saturated heterocycles. The Labute approximate surface area is 206 Å². The molecule has 0 N–H and O–H groups in total. The highest BCUT2D eigenvalue weighted by Crippen LogP contribution is 2.53. The SMILES string of the molecule is CCC1CC1c1cc(C(F)(F)CC)ccc1Oc1ccc(C2CCCN3CCS(=O)(=O)C=C23)cc1. The zero-order chi connectivity index (χ0) is 24.8. The average Bonchev–Trinajstić information content (AvgIpc) is 3.64. The molecule has 0 bridgehead atoms. The van der Waals surface area contributed by atoms with Crippen molar-refractivity contribution in [3.8, 4) is 11.5 Å². The predicted octanol–water partition coefficient (Wildman–Crippen LogP) is 6.94. The molecule has 3 unspecified atom stereocenters. The molecule has 3 aliphatic rings. The van der Waals surface area contributed by atoms with Crippen LogP contribution >= 0.6 is 0 Å². The number of allylic oxidation sites excluding steroid dienone is 1. The second kappa shape index (κ2) is 9.23. The summed E-state index contributed by atoms with van der Waals surface area (Å²) in [5, 5.41) is 1.46. The third kappa shape index (κ3) is 4.97. The van der Waals surface area contributed by atoms with Crippen LogP contribution in [0, 0.1) is 5.92 Å². The van der Waals surface area contributed by atoms with E-state index in [9.17, 15) is 17.2 Å². The van der Waals surface area contributed by atoms with Crippen LogP contribution in [0.25, 0.3) is 0 Å². The van der Waals surface area contributed by atoms with E-state index in [2.05, 4.69) is 11.8 Å². The Balaban J connectivity index is 1.39. The number of hydrogen-bond acceptors (Lipinski definition) is 4. The third-order valence-electron chi connectivity index (χ3n) is 7.82. The maximum absolute atomic E-state index is 14.4. The van der Waals surface area contributed by atoms with Crippen molar-refractivity contribution in [3.63, 3.8) is 0 Å². The van der Waals surface area contributed by atoms with Gasteiger partial charge in [-0.05, 0) is 72.6 Å². The Morgan fingerprint density at radius 3 is 2.54 bits per heavy atom. The molecule has 2 aromatic rings. The van der Waals surface area contributed by atoms with Crippen molar-refractivity contribution in [1.82, 2.24) is 4.90 Å². The number of alkyl halides is 2. The lowest BCUT2D eigenvalue weighted by atomic mass is 9.88. The number of nitrogens with zero attached hydrogens (tertiary/aromatic N) is 1. The van der Waals surface area contributed by atoms with Crippen LogP contribution < -0.4 is 4.74 Å². The maximum Gasteiger partial charge on any atom is 0.273 e. The fourth-order valence-corrected chi connectivity index (χ4v) is 6.81. The van der Waals surface area contributed by atoms with Crippen LogP contribution in [0.2, 0.25) is 0 Å². The average molecular weight is 502 g/mol. The fraction of sp³-hybridized carbons (Fsp3) is 0.500. The zero-order valence-electron chi connectivity index (χ0n) is 20.3. The van der Waals surface area contributed by atoms with Gasteiger partial charge in [0.1, 0.15) is 11.5 Å². The summed E-state index contributed by atoms with van der Waals surface area (Å²) in [5.74, 6) is -0.552. The van der Waals surface area contributed by atoms with Crippen LogP contribution in [0.15, 0.2) is 53.6 Å². The molecule has 2 fully saturated rings. The summed E-state index contributed by atoms with van der Waals surface area (Å²) < 4.78 is 59.4. The van der Waals surface area contributed by atoms with Crippen LogP contribution in [0.5, 0.6) is 11.5 Å². The zero-order valence-corrected chi connectivity index (χ0v) is 21.2. The number of ether oxygens (including phenoxy) is 1. The monoisotopic (exact) mass is 501 g/mol. The second-order valence-corrected chi connectivity index (χ2v) is 12.1. The van der Waals surface area contributed by atoms with E-state index in [0.29, 0.717) is 24.0 Å². The van der Waals surface area contributed by atoms with Gasteiger partial charge in [0.2, 0.25) is 0 Å². The van der Waals surface area contributed by atoms with E-state index in [4.69, 9.17) is 4.74 Å². The van der Waals surface area contributed by atoms with E-state index in [1.165, 1.54) is 18.4 Å². The van der Waals surface area contributed by atoms with E-state index in [-0.39, 0.29) is 29.6 Å². The largest absolute Gasteiger partial charge is 0.457 e. The summed E-state index contributed by atoms with van der Waals surface area (Å²) in [7, 11) is -3.15. The molecule has 1 saturated carbocycles. The Hall–Kier alpha value is -2.41. The minimum Gasteiger partial charge on any atom is -0.457 e. The minimum atomic E-state index is -3.15. The first-order valence-electron chi connectivity index (χ1n) is 12.7. The molecule has 0 radical (unpaired) electrons. The van der Waals surface area contributed by atoms with Crippen LogP contribution in [0.1, 0.15) is 74.5 Å². The first-order chi connectivity index (χ1) is 16.7. The van der Waals surface area contributed by atoms with E-state index in [0.717, 1.165) is 49.1 Å². The molecule has 7 heteroatoms. The van der Waals surface area contributed by atoms with Gasteiger partial charge in [0.05, 0.1) is 11.2 Å². The van der Waals surface area contributed by atoms with Crippen molar-refractivity contribution in [2.45, 2.75) is 63.7 Å². The van der Waals surface area contributed by atoms with E-state index < -0.39 is 15.8 Å². The number of sulfone groups is 1. The maximum atomic E-state index is 14.4. The summed E-state index contributed by atoms with van der Waals surface area (Å²) in [4.78, 5) is 2.19. The highest BCUT2D eigenvalue weighted by molar-refractivity contribution is 7.94. The quantitative estimate of drug-likeness (QED) is 0.412. The summed E-state index contributed by atoms with van der Waals surface area (Å²) in [6.07, 6.45) is 3.74. The molecule has 2 aliphatic heterocycles. The van der Waals surface area contributed by atoms with Gasteiger partial charge in [-0.1, -0.05) is 32.4 Å². The molecule has 3 atom stereocenters. The topological polar surface area (TPSA) is 46.6 Å². The summed E-state index contributed by atoms with van der Waals surface area (Å²) in [6, 6.07) is 12.6. The van der Waals surface area contributed by atoms with Crippen LogP contribution in [-0.2, 0) is 15.8 Å². The number of piperidine rings is 1. The van der Waals surface area contributed by atoms with Gasteiger partial charge in [-0.2, -0.15) is 0 Å². The van der Waals surface area contributed by atoms with Crippen molar-refractivity contribution in [2.75, 3.05) is 18.8 Å². The molecular weight excluding hydrogens is 468 g/mol. The first kappa shape index (κ1) is 24.3. The van der Waals surface area contributed by atoms with Crippen LogP contribution in [0.3, 0.4) is 0 Å². The standard InChI is InChI=1S/C28H33F2NO3S/c1-3-19-16-24(19)25-17-21(28(29,30)4-2)9-12-27(25)34-22-10-7-20(8-11-22)23-6-5-13-31-14-15-35(32,33)18-26(23)31/h7-12,17-19,23-24H,3-6,13-16H2,1-2H3. The highest BCUT2D eigenvalue weighted by Gasteiger charge is 2.40. The molecule has 5 rings (SSSR count). The van der Waals surface area contributed by atoms with Gasteiger partial charge in [0.15, 0.2) is 9.84 Å². The third-order valence-corrected chi connectivity index (χ3v) is 9.17. The van der Waals surface area contributed by atoms with E-state index in [1.54, 1.807) is 12.1 Å². The molecular formula is C28H33F2NO3S. The van der Waals surface area contributed by atoms with Gasteiger partial charge in [-0.15, -0.1) is 0 Å². The summed E-state index contributed by atoms with van der Waals surface area (Å²) >= 11 is 0. The Kier molecular flexibility index (Phi) is 6.41. The Morgan fingerprint density at radius 1 is 1.09 bits per heavy atom. The molecule has 1 aliphatic carbocycles. The summed E-state index contributed by atoms with van der Waals surface area (Å²) in [5.41, 5.74) is 2.88. The number of benzene rings is 2. The van der Waals surface area contributed by atoms with E-state index in [1.807, 2.05) is 24.3 Å². The van der Waals surface area contributed by atoms with E-state index >= 15 is 0 Å². The lowest BCUT2D eigenvalue weighted by Gasteiger charge is -2.39. The minimum absolute atomic E-state index is 0.0516. The van der Waals surface area contributed by atoms with Crippen molar-refractivity contribution in [2.24, 2.45) is 5.92 Å². The molecule has 2 heterocycles. The Bertz CT molecular complexity index is 1220. The van der Waals surface area contributed by atoms with Gasteiger partial charge in [0, 0.05) is 36.7 Å². The highest BCUT2D eigenvalue weighted by atomic mass is 32.2. The van der Waals surface area contributed by atoms with Crippen LogP contribution in [-0.4, -0.2) is 32.2 Å². The molecule has 188 valence electrons. The molecule has 0 spiro atoms. The molecule has 2 aromatic carbocycles. The Morgan fingerprint density at radius 2 is 1.86 bits per heavy atom. The lowest BCUT2D eigenvalue weighted by molar-refractivity contribution is -0.00838. The van der Waals surface area contributed by atoms with Crippen molar-refractivity contribution in [3.05, 3.63) is 70.3 Å². The van der Waals surface area contributed by atoms with Crippen molar-refractivity contribution < 1.29 is 21.9 Å². The normalized spacial score (nSPS) is 25.5. The number of halogens is 2. The molecule has 0 aromatic heterocycles. The lowest BCUT2D eigenvalue weighted by Crippen LogP contribution is -2.39.